The fourth-order valence-corrected chi connectivity index (χ4v) is 4.17. The number of unbranched alkanes of at least 4 members (excludes halogenated alkanes) is 1. The highest BCUT2D eigenvalue weighted by atomic mass is 16.3. The van der Waals surface area contributed by atoms with E-state index in [1.807, 2.05) is 20.8 Å². The highest BCUT2D eigenvalue weighted by Gasteiger charge is 2.28. The summed E-state index contributed by atoms with van der Waals surface area (Å²) in [5.74, 6) is 2.61. The van der Waals surface area contributed by atoms with Crippen molar-refractivity contribution in [1.82, 2.24) is 10.6 Å². The minimum Gasteiger partial charge on any atom is -0.466 e. The van der Waals surface area contributed by atoms with E-state index in [2.05, 4.69) is 24.5 Å². The number of hydrogen-bond acceptors (Lipinski definition) is 4. The molecule has 2 aromatic heterocycles. The molecule has 6 nitrogen and oxygen atoms in total. The van der Waals surface area contributed by atoms with E-state index in [1.54, 1.807) is 19.1 Å². The molecule has 0 saturated heterocycles. The Bertz CT molecular complexity index is 880. The molecule has 0 unspecified atom stereocenters. The topological polar surface area (TPSA) is 84.5 Å². The molecule has 2 amide bonds. The van der Waals surface area contributed by atoms with E-state index in [0.29, 0.717) is 35.7 Å². The lowest BCUT2D eigenvalue weighted by atomic mass is 9.76. The first-order valence-corrected chi connectivity index (χ1v) is 11.4. The summed E-state index contributed by atoms with van der Waals surface area (Å²) in [5, 5.41) is 6.15. The van der Waals surface area contributed by atoms with Crippen LogP contribution in [-0.4, -0.2) is 24.9 Å². The van der Waals surface area contributed by atoms with Gasteiger partial charge in [-0.15, -0.1) is 0 Å². The van der Waals surface area contributed by atoms with Crippen LogP contribution in [0, 0.1) is 33.1 Å². The van der Waals surface area contributed by atoms with Crippen LogP contribution in [0.15, 0.2) is 21.0 Å². The SMILES string of the molecule is CCCC[C@@](CC)(CCCNC(=O)c1cc(C)oc1C)CNC(=O)c1cc(C)oc1C. The van der Waals surface area contributed by atoms with Crippen molar-refractivity contribution in [2.24, 2.45) is 5.41 Å². The van der Waals surface area contributed by atoms with Crippen LogP contribution < -0.4 is 10.6 Å². The number of rotatable bonds is 12. The van der Waals surface area contributed by atoms with Gasteiger partial charge in [-0.2, -0.15) is 0 Å². The second-order valence-electron chi connectivity index (χ2n) is 8.65. The van der Waals surface area contributed by atoms with E-state index in [1.165, 1.54) is 0 Å². The number of furan rings is 2. The quantitative estimate of drug-likeness (QED) is 0.427. The molecule has 0 bridgehead atoms. The van der Waals surface area contributed by atoms with Gasteiger partial charge in [-0.3, -0.25) is 9.59 Å². The molecule has 2 rings (SSSR count). The van der Waals surface area contributed by atoms with E-state index in [9.17, 15) is 9.59 Å². The van der Waals surface area contributed by atoms with Crippen LogP contribution in [0.2, 0.25) is 0 Å². The number of amides is 2. The monoisotopic (exact) mass is 430 g/mol. The van der Waals surface area contributed by atoms with Gasteiger partial charge in [-0.1, -0.05) is 26.7 Å². The van der Waals surface area contributed by atoms with Gasteiger partial charge in [0, 0.05) is 13.1 Å². The Morgan fingerprint density at radius 3 is 1.81 bits per heavy atom. The van der Waals surface area contributed by atoms with Crippen molar-refractivity contribution >= 4 is 11.8 Å². The van der Waals surface area contributed by atoms with Gasteiger partial charge in [0.1, 0.15) is 23.0 Å². The molecular formula is C25H38N2O4. The summed E-state index contributed by atoms with van der Waals surface area (Å²) >= 11 is 0. The number of carbonyl (C=O) groups excluding carboxylic acids is 2. The largest absolute Gasteiger partial charge is 0.466 e. The summed E-state index contributed by atoms with van der Waals surface area (Å²) in [7, 11) is 0. The van der Waals surface area contributed by atoms with Crippen LogP contribution >= 0.6 is 0 Å². The zero-order chi connectivity index (χ0) is 23.0. The van der Waals surface area contributed by atoms with Gasteiger partial charge >= 0.3 is 0 Å². The average molecular weight is 431 g/mol. The summed E-state index contributed by atoms with van der Waals surface area (Å²) in [4.78, 5) is 25.1. The molecule has 0 aromatic carbocycles. The molecule has 31 heavy (non-hydrogen) atoms. The zero-order valence-electron chi connectivity index (χ0n) is 19.9. The Morgan fingerprint density at radius 2 is 1.35 bits per heavy atom. The molecule has 2 N–H and O–H groups in total. The van der Waals surface area contributed by atoms with Crippen LogP contribution in [0.3, 0.4) is 0 Å². The Kier molecular flexibility index (Phi) is 8.96. The average Bonchev–Trinajstić information content (AvgIpc) is 3.26. The lowest BCUT2D eigenvalue weighted by Gasteiger charge is -2.33. The van der Waals surface area contributed by atoms with Crippen LogP contribution in [0.4, 0.5) is 0 Å². The van der Waals surface area contributed by atoms with Crippen molar-refractivity contribution in [3.63, 3.8) is 0 Å². The standard InChI is InChI=1S/C25H38N2O4/c1-7-9-11-25(8-2,16-27-24(29)22-15-18(4)31-20(22)6)12-10-13-26-23(28)21-14-17(3)30-19(21)5/h14-15H,7-13,16H2,1-6H3,(H,26,28)(H,27,29)/t25-/m0/s1. The highest BCUT2D eigenvalue weighted by molar-refractivity contribution is 5.95. The maximum absolute atomic E-state index is 12.7. The van der Waals surface area contributed by atoms with Gasteiger partial charge in [-0.05, 0) is 70.9 Å². The minimum absolute atomic E-state index is 0.0191. The number of hydrogen-bond donors (Lipinski definition) is 2. The summed E-state index contributed by atoms with van der Waals surface area (Å²) in [6, 6.07) is 3.57. The molecule has 0 fully saturated rings. The first-order chi connectivity index (χ1) is 14.7. The fourth-order valence-electron chi connectivity index (χ4n) is 4.17. The molecule has 0 radical (unpaired) electrons. The van der Waals surface area contributed by atoms with Crippen LogP contribution in [0.5, 0.6) is 0 Å². The predicted octanol–water partition coefficient (Wildman–Crippen LogP) is 5.63. The highest BCUT2D eigenvalue weighted by Crippen LogP contribution is 2.33. The molecule has 0 spiro atoms. The normalized spacial score (nSPS) is 13.1. The first kappa shape index (κ1) is 24.8. The molecule has 0 saturated carbocycles. The van der Waals surface area contributed by atoms with E-state index in [4.69, 9.17) is 8.83 Å². The maximum atomic E-state index is 12.7. The van der Waals surface area contributed by atoms with E-state index >= 15 is 0 Å². The summed E-state index contributed by atoms with van der Waals surface area (Å²) in [6.45, 7) is 12.9. The third-order valence-corrected chi connectivity index (χ3v) is 6.18. The lowest BCUT2D eigenvalue weighted by Crippen LogP contribution is -2.38. The van der Waals surface area contributed by atoms with E-state index in [0.717, 1.165) is 50.0 Å². The third kappa shape index (κ3) is 6.74. The molecule has 2 aromatic rings. The van der Waals surface area contributed by atoms with Crippen molar-refractivity contribution in [3.05, 3.63) is 46.3 Å². The van der Waals surface area contributed by atoms with Crippen LogP contribution in [0.1, 0.15) is 96.1 Å². The summed E-state index contributed by atoms with van der Waals surface area (Å²) < 4.78 is 11.0. The van der Waals surface area contributed by atoms with Crippen molar-refractivity contribution in [2.75, 3.05) is 13.1 Å². The van der Waals surface area contributed by atoms with Gasteiger partial charge in [0.2, 0.25) is 0 Å². The summed E-state index contributed by atoms with van der Waals surface area (Å²) in [5.41, 5.74) is 1.23. The summed E-state index contributed by atoms with van der Waals surface area (Å²) in [6.07, 6.45) is 6.07. The minimum atomic E-state index is -0.0934. The van der Waals surface area contributed by atoms with Crippen LogP contribution in [-0.2, 0) is 0 Å². The Labute approximate surface area is 186 Å². The lowest BCUT2D eigenvalue weighted by molar-refractivity contribution is 0.0915. The smallest absolute Gasteiger partial charge is 0.254 e. The molecule has 0 aliphatic heterocycles. The van der Waals surface area contributed by atoms with Crippen molar-refractivity contribution < 1.29 is 18.4 Å². The molecule has 6 heteroatoms. The predicted molar refractivity (Wildman–Crippen MR) is 123 cm³/mol. The molecule has 172 valence electrons. The Hall–Kier alpha value is -2.50. The fraction of sp³-hybridized carbons (Fsp3) is 0.600. The van der Waals surface area contributed by atoms with Crippen LogP contribution in [0.25, 0.3) is 0 Å². The van der Waals surface area contributed by atoms with E-state index in [-0.39, 0.29) is 17.2 Å². The number of nitrogens with one attached hydrogen (secondary N) is 2. The Morgan fingerprint density at radius 1 is 0.839 bits per heavy atom. The third-order valence-electron chi connectivity index (χ3n) is 6.18. The molecule has 1 atom stereocenters. The first-order valence-electron chi connectivity index (χ1n) is 11.4. The molecule has 2 heterocycles. The van der Waals surface area contributed by atoms with Crippen molar-refractivity contribution in [2.45, 2.75) is 80.1 Å². The van der Waals surface area contributed by atoms with Crippen molar-refractivity contribution in [1.29, 1.82) is 0 Å². The van der Waals surface area contributed by atoms with Gasteiger partial charge < -0.3 is 19.5 Å². The van der Waals surface area contributed by atoms with Gasteiger partial charge in [0.25, 0.3) is 11.8 Å². The van der Waals surface area contributed by atoms with E-state index < -0.39 is 0 Å². The van der Waals surface area contributed by atoms with Gasteiger partial charge in [0.15, 0.2) is 0 Å². The maximum Gasteiger partial charge on any atom is 0.254 e. The number of aryl methyl sites for hydroxylation is 4. The van der Waals surface area contributed by atoms with Gasteiger partial charge in [0.05, 0.1) is 11.1 Å². The number of carbonyl (C=O) groups is 2. The second-order valence-corrected chi connectivity index (χ2v) is 8.65. The molecular weight excluding hydrogens is 392 g/mol. The Balaban J connectivity index is 1.93. The van der Waals surface area contributed by atoms with Gasteiger partial charge in [-0.25, -0.2) is 0 Å². The molecule has 0 aliphatic carbocycles. The second kappa shape index (κ2) is 11.2. The molecule has 0 aliphatic rings. The zero-order valence-corrected chi connectivity index (χ0v) is 19.9. The van der Waals surface area contributed by atoms with Crippen molar-refractivity contribution in [3.8, 4) is 0 Å².